The number of benzene rings is 2. The first-order chi connectivity index (χ1) is 10.3. The van der Waals surface area contributed by atoms with Gasteiger partial charge in [-0.05, 0) is 42.5 Å². The number of aliphatic imine (C=N–C) groups is 1. The molecule has 0 aliphatic heterocycles. The molecule has 0 radical (unpaired) electrons. The highest BCUT2D eigenvalue weighted by atomic mass is 16.3. The maximum atomic E-state index is 10.1. The van der Waals surface area contributed by atoms with Crippen molar-refractivity contribution >= 4 is 17.0 Å². The average molecular weight is 281 g/mol. The third-order valence-corrected chi connectivity index (χ3v) is 4.72. The van der Waals surface area contributed by atoms with Crippen molar-refractivity contribution < 1.29 is 5.11 Å². The molecule has 2 aromatic rings. The number of hydrogen-bond acceptors (Lipinski definition) is 2. The van der Waals surface area contributed by atoms with Gasteiger partial charge in [0.25, 0.3) is 0 Å². The van der Waals surface area contributed by atoms with Crippen LogP contribution in [-0.2, 0) is 0 Å². The van der Waals surface area contributed by atoms with Gasteiger partial charge in [-0.2, -0.15) is 0 Å². The Labute approximate surface area is 126 Å². The molecule has 21 heavy (non-hydrogen) atoms. The van der Waals surface area contributed by atoms with Gasteiger partial charge in [0.05, 0.1) is 0 Å². The van der Waals surface area contributed by atoms with Crippen LogP contribution < -0.4 is 0 Å². The normalized spacial score (nSPS) is 18.3. The van der Waals surface area contributed by atoms with Gasteiger partial charge in [-0.25, -0.2) is 0 Å². The van der Waals surface area contributed by atoms with E-state index < -0.39 is 0 Å². The fourth-order valence-corrected chi connectivity index (χ4v) is 3.35. The van der Waals surface area contributed by atoms with Gasteiger partial charge in [-0.1, -0.05) is 49.6 Å². The lowest BCUT2D eigenvalue weighted by Gasteiger charge is -2.24. The molecule has 1 saturated carbocycles. The van der Waals surface area contributed by atoms with Gasteiger partial charge in [0, 0.05) is 17.8 Å². The van der Waals surface area contributed by atoms with E-state index in [1.54, 1.807) is 6.07 Å². The van der Waals surface area contributed by atoms with Crippen LogP contribution >= 0.6 is 0 Å². The molecule has 0 amide bonds. The summed E-state index contributed by atoms with van der Waals surface area (Å²) in [4.78, 5) is 4.74. The minimum absolute atomic E-state index is 0.313. The van der Waals surface area contributed by atoms with Crippen LogP contribution in [0.25, 0.3) is 10.8 Å². The molecule has 0 saturated heterocycles. The molecule has 2 heteroatoms. The van der Waals surface area contributed by atoms with Gasteiger partial charge in [-0.15, -0.1) is 0 Å². The summed E-state index contributed by atoms with van der Waals surface area (Å²) in [5.41, 5.74) is 0.843. The van der Waals surface area contributed by atoms with E-state index in [1.165, 1.54) is 32.1 Å². The molecule has 0 bridgehead atoms. The fourth-order valence-electron chi connectivity index (χ4n) is 3.35. The van der Waals surface area contributed by atoms with Gasteiger partial charge in [-0.3, -0.25) is 4.99 Å². The number of phenolic OH excluding ortho intramolecular Hbond substituents is 1. The summed E-state index contributed by atoms with van der Waals surface area (Å²) >= 11 is 0. The van der Waals surface area contributed by atoms with Crippen molar-refractivity contribution in [2.75, 3.05) is 0 Å². The van der Waals surface area contributed by atoms with Crippen LogP contribution in [0.4, 0.5) is 0 Å². The standard InChI is InChI=1S/C19H23NO/c1-14(15-7-3-2-4-8-15)20-13-18-17-10-6-5-9-16(17)11-12-19(18)21/h5-6,9-15,21H,2-4,7-8H2,1H3/t14-/m1/s1. The van der Waals surface area contributed by atoms with Gasteiger partial charge in [0.2, 0.25) is 0 Å². The van der Waals surface area contributed by atoms with Crippen molar-refractivity contribution in [3.63, 3.8) is 0 Å². The topological polar surface area (TPSA) is 32.6 Å². The Hall–Kier alpha value is -1.83. The molecular weight excluding hydrogens is 258 g/mol. The fraction of sp³-hybridized carbons (Fsp3) is 0.421. The van der Waals surface area contributed by atoms with E-state index >= 15 is 0 Å². The van der Waals surface area contributed by atoms with Crippen molar-refractivity contribution in [3.8, 4) is 5.75 Å². The lowest BCUT2D eigenvalue weighted by Crippen LogP contribution is -2.18. The Balaban J connectivity index is 1.86. The Bertz CT molecular complexity index is 641. The number of aromatic hydroxyl groups is 1. The quantitative estimate of drug-likeness (QED) is 0.795. The van der Waals surface area contributed by atoms with Crippen molar-refractivity contribution in [3.05, 3.63) is 42.0 Å². The average Bonchev–Trinajstić information content (AvgIpc) is 2.54. The Morgan fingerprint density at radius 1 is 1.10 bits per heavy atom. The van der Waals surface area contributed by atoms with Crippen LogP contribution in [0.1, 0.15) is 44.6 Å². The zero-order chi connectivity index (χ0) is 14.7. The third kappa shape index (κ3) is 3.10. The van der Waals surface area contributed by atoms with E-state index in [9.17, 15) is 5.11 Å². The van der Waals surface area contributed by atoms with E-state index in [0.717, 1.165) is 16.3 Å². The molecule has 2 aromatic carbocycles. The van der Waals surface area contributed by atoms with Gasteiger partial charge >= 0.3 is 0 Å². The smallest absolute Gasteiger partial charge is 0.124 e. The number of fused-ring (bicyclic) bond motifs is 1. The molecule has 1 aliphatic rings. The molecule has 1 fully saturated rings. The van der Waals surface area contributed by atoms with E-state index in [2.05, 4.69) is 13.0 Å². The van der Waals surface area contributed by atoms with Crippen molar-refractivity contribution in [1.29, 1.82) is 0 Å². The second-order valence-electron chi connectivity index (χ2n) is 6.14. The summed E-state index contributed by atoms with van der Waals surface area (Å²) in [6.45, 7) is 2.20. The van der Waals surface area contributed by atoms with Crippen molar-refractivity contribution in [2.24, 2.45) is 10.9 Å². The lowest BCUT2D eigenvalue weighted by atomic mass is 9.85. The van der Waals surface area contributed by atoms with Crippen LogP contribution in [-0.4, -0.2) is 17.4 Å². The Morgan fingerprint density at radius 2 is 1.86 bits per heavy atom. The molecule has 2 nitrogen and oxygen atoms in total. The predicted molar refractivity (Wildman–Crippen MR) is 89.2 cm³/mol. The van der Waals surface area contributed by atoms with Crippen LogP contribution in [0.2, 0.25) is 0 Å². The number of rotatable bonds is 3. The second kappa shape index (κ2) is 6.30. The zero-order valence-electron chi connectivity index (χ0n) is 12.6. The largest absolute Gasteiger partial charge is 0.507 e. The predicted octanol–water partition coefficient (Wildman–Crippen LogP) is 4.93. The lowest BCUT2D eigenvalue weighted by molar-refractivity contribution is 0.318. The van der Waals surface area contributed by atoms with E-state index in [4.69, 9.17) is 4.99 Å². The molecular formula is C19H23NO. The highest BCUT2D eigenvalue weighted by Gasteiger charge is 2.19. The Morgan fingerprint density at radius 3 is 2.67 bits per heavy atom. The van der Waals surface area contributed by atoms with Gasteiger partial charge in [0.1, 0.15) is 5.75 Å². The van der Waals surface area contributed by atoms with E-state index in [1.807, 2.05) is 30.5 Å². The molecule has 3 rings (SSSR count). The monoisotopic (exact) mass is 281 g/mol. The summed E-state index contributed by atoms with van der Waals surface area (Å²) in [6.07, 6.45) is 8.50. The number of hydrogen-bond donors (Lipinski definition) is 1. The van der Waals surface area contributed by atoms with Crippen LogP contribution in [0.15, 0.2) is 41.4 Å². The van der Waals surface area contributed by atoms with Crippen molar-refractivity contribution in [2.45, 2.75) is 45.1 Å². The third-order valence-electron chi connectivity index (χ3n) is 4.72. The molecule has 1 atom stereocenters. The number of phenols is 1. The highest BCUT2D eigenvalue weighted by molar-refractivity contribution is 6.02. The summed E-state index contributed by atoms with van der Waals surface area (Å²) in [7, 11) is 0. The Kier molecular flexibility index (Phi) is 4.23. The second-order valence-corrected chi connectivity index (χ2v) is 6.14. The zero-order valence-corrected chi connectivity index (χ0v) is 12.6. The van der Waals surface area contributed by atoms with Crippen molar-refractivity contribution in [1.82, 2.24) is 0 Å². The van der Waals surface area contributed by atoms with E-state index in [-0.39, 0.29) is 0 Å². The van der Waals surface area contributed by atoms with Gasteiger partial charge in [0.15, 0.2) is 0 Å². The maximum absolute atomic E-state index is 10.1. The van der Waals surface area contributed by atoms with E-state index in [0.29, 0.717) is 17.7 Å². The molecule has 0 aromatic heterocycles. The molecule has 0 unspecified atom stereocenters. The summed E-state index contributed by atoms with van der Waals surface area (Å²) in [5.74, 6) is 1.01. The molecule has 0 spiro atoms. The molecule has 0 heterocycles. The summed E-state index contributed by atoms with van der Waals surface area (Å²) < 4.78 is 0. The van der Waals surface area contributed by atoms with Crippen LogP contribution in [0.3, 0.4) is 0 Å². The molecule has 1 aliphatic carbocycles. The first-order valence-electron chi connectivity index (χ1n) is 7.99. The summed E-state index contributed by atoms with van der Waals surface area (Å²) in [5, 5.41) is 12.3. The SMILES string of the molecule is C[C@@H](N=Cc1c(O)ccc2ccccc12)C1CCCCC1. The van der Waals surface area contributed by atoms with Crippen LogP contribution in [0.5, 0.6) is 5.75 Å². The first-order valence-corrected chi connectivity index (χ1v) is 7.99. The molecule has 1 N–H and O–H groups in total. The highest BCUT2D eigenvalue weighted by Crippen LogP contribution is 2.29. The minimum Gasteiger partial charge on any atom is -0.507 e. The number of nitrogens with zero attached hydrogens (tertiary/aromatic N) is 1. The van der Waals surface area contributed by atoms with Crippen LogP contribution in [0, 0.1) is 5.92 Å². The summed E-state index contributed by atoms with van der Waals surface area (Å²) in [6, 6.07) is 12.2. The first kappa shape index (κ1) is 14.1. The molecule has 110 valence electrons. The maximum Gasteiger partial charge on any atom is 0.124 e. The minimum atomic E-state index is 0.313. The van der Waals surface area contributed by atoms with Gasteiger partial charge < -0.3 is 5.11 Å².